The summed E-state index contributed by atoms with van der Waals surface area (Å²) in [5, 5.41) is 0. The first-order chi connectivity index (χ1) is 9.25. The van der Waals surface area contributed by atoms with Gasteiger partial charge in [0.2, 0.25) is 0 Å². The van der Waals surface area contributed by atoms with Gasteiger partial charge in [-0.1, -0.05) is 39.8 Å². The van der Waals surface area contributed by atoms with E-state index in [4.69, 9.17) is 4.74 Å². The minimum atomic E-state index is 0.591. The van der Waals surface area contributed by atoms with Gasteiger partial charge in [-0.05, 0) is 49.5 Å². The topological polar surface area (TPSA) is 12.5 Å². The van der Waals surface area contributed by atoms with Crippen LogP contribution in [0.2, 0.25) is 0 Å². The Hall–Kier alpha value is -1.02. The van der Waals surface area contributed by atoms with Crippen LogP contribution in [0.15, 0.2) is 24.3 Å². The highest BCUT2D eigenvalue weighted by molar-refractivity contribution is 5.28. The van der Waals surface area contributed by atoms with Crippen LogP contribution in [0.25, 0.3) is 0 Å². The maximum Gasteiger partial charge on any atom is 0.119 e. The standard InChI is InChI=1S/C15H23NO.C2H6/c1-13(2)14-5-7-15(8-6-14)17-12-11-16-9-3-4-10-16;1-2/h5-8,13H,3-4,9-12H2,1-2H3;1-2H3. The summed E-state index contributed by atoms with van der Waals surface area (Å²) >= 11 is 0. The molecule has 2 nitrogen and oxygen atoms in total. The zero-order valence-corrected chi connectivity index (χ0v) is 13.0. The molecule has 0 radical (unpaired) electrons. The molecule has 1 saturated heterocycles. The van der Waals surface area contributed by atoms with Crippen LogP contribution in [0, 0.1) is 0 Å². The van der Waals surface area contributed by atoms with E-state index in [0.29, 0.717) is 5.92 Å². The Balaban J connectivity index is 0.000000861. The molecule has 1 fully saturated rings. The second-order valence-electron chi connectivity index (χ2n) is 5.12. The van der Waals surface area contributed by atoms with E-state index >= 15 is 0 Å². The largest absolute Gasteiger partial charge is 0.492 e. The van der Waals surface area contributed by atoms with Gasteiger partial charge < -0.3 is 4.74 Å². The predicted molar refractivity (Wildman–Crippen MR) is 83.0 cm³/mol. The Labute approximate surface area is 118 Å². The highest BCUT2D eigenvalue weighted by Crippen LogP contribution is 2.18. The molecular weight excluding hydrogens is 234 g/mol. The molecule has 108 valence electrons. The number of benzene rings is 1. The molecule has 2 rings (SSSR count). The summed E-state index contributed by atoms with van der Waals surface area (Å²) in [6.45, 7) is 12.8. The molecule has 0 atom stereocenters. The van der Waals surface area contributed by atoms with Crippen molar-refractivity contribution < 1.29 is 4.74 Å². The van der Waals surface area contributed by atoms with E-state index in [9.17, 15) is 0 Å². The summed E-state index contributed by atoms with van der Waals surface area (Å²) < 4.78 is 5.76. The number of hydrogen-bond acceptors (Lipinski definition) is 2. The fourth-order valence-corrected chi connectivity index (χ4v) is 2.25. The van der Waals surface area contributed by atoms with Crippen molar-refractivity contribution in [2.24, 2.45) is 0 Å². The SMILES string of the molecule is CC.CC(C)c1ccc(OCCN2CCCC2)cc1. The predicted octanol–water partition coefficient (Wildman–Crippen LogP) is 4.31. The van der Waals surface area contributed by atoms with E-state index in [0.717, 1.165) is 18.9 Å². The summed E-state index contributed by atoms with van der Waals surface area (Å²) in [5.74, 6) is 1.59. The van der Waals surface area contributed by atoms with Gasteiger partial charge in [-0.25, -0.2) is 0 Å². The van der Waals surface area contributed by atoms with Crippen molar-refractivity contribution in [2.75, 3.05) is 26.2 Å². The summed E-state index contributed by atoms with van der Waals surface area (Å²) in [6.07, 6.45) is 2.70. The second-order valence-corrected chi connectivity index (χ2v) is 5.12. The van der Waals surface area contributed by atoms with Crippen molar-refractivity contribution in [3.05, 3.63) is 29.8 Å². The van der Waals surface area contributed by atoms with E-state index in [1.165, 1.54) is 31.5 Å². The molecule has 1 aromatic rings. The number of hydrogen-bond donors (Lipinski definition) is 0. The summed E-state index contributed by atoms with van der Waals surface area (Å²) in [5.41, 5.74) is 1.37. The molecule has 0 bridgehead atoms. The van der Waals surface area contributed by atoms with Crippen LogP contribution in [0.4, 0.5) is 0 Å². The van der Waals surface area contributed by atoms with Crippen molar-refractivity contribution in [3.63, 3.8) is 0 Å². The molecule has 0 amide bonds. The third kappa shape index (κ3) is 5.65. The van der Waals surface area contributed by atoms with E-state index in [2.05, 4.69) is 43.0 Å². The lowest BCUT2D eigenvalue weighted by molar-refractivity contribution is 0.238. The van der Waals surface area contributed by atoms with Crippen LogP contribution in [0.5, 0.6) is 5.75 Å². The lowest BCUT2D eigenvalue weighted by atomic mass is 10.0. The molecule has 0 saturated carbocycles. The molecule has 1 aliphatic rings. The van der Waals surface area contributed by atoms with E-state index in [-0.39, 0.29) is 0 Å². The molecule has 2 heteroatoms. The zero-order chi connectivity index (χ0) is 14.1. The molecule has 1 aromatic carbocycles. The fourth-order valence-electron chi connectivity index (χ4n) is 2.25. The van der Waals surface area contributed by atoms with Crippen molar-refractivity contribution in [3.8, 4) is 5.75 Å². The number of likely N-dealkylation sites (tertiary alicyclic amines) is 1. The molecular formula is C17H29NO. The van der Waals surface area contributed by atoms with Crippen molar-refractivity contribution in [1.29, 1.82) is 0 Å². The van der Waals surface area contributed by atoms with Gasteiger partial charge in [0.25, 0.3) is 0 Å². The van der Waals surface area contributed by atoms with E-state index in [1.54, 1.807) is 0 Å². The summed E-state index contributed by atoms with van der Waals surface area (Å²) in [7, 11) is 0. The average Bonchev–Trinajstić information content (AvgIpc) is 2.95. The highest BCUT2D eigenvalue weighted by Gasteiger charge is 2.10. The Morgan fingerprint density at radius 3 is 2.16 bits per heavy atom. The van der Waals surface area contributed by atoms with Crippen molar-refractivity contribution >= 4 is 0 Å². The smallest absolute Gasteiger partial charge is 0.119 e. The Bertz CT molecular complexity index is 326. The van der Waals surface area contributed by atoms with E-state index in [1.807, 2.05) is 13.8 Å². The van der Waals surface area contributed by atoms with Gasteiger partial charge in [0.1, 0.15) is 12.4 Å². The monoisotopic (exact) mass is 263 g/mol. The summed E-state index contributed by atoms with van der Waals surface area (Å²) in [6, 6.07) is 8.49. The van der Waals surface area contributed by atoms with Gasteiger partial charge in [-0.2, -0.15) is 0 Å². The fraction of sp³-hybridized carbons (Fsp3) is 0.647. The van der Waals surface area contributed by atoms with Gasteiger partial charge in [0, 0.05) is 6.54 Å². The van der Waals surface area contributed by atoms with Crippen LogP contribution < -0.4 is 4.74 Å². The van der Waals surface area contributed by atoms with Crippen LogP contribution in [0.1, 0.15) is 52.0 Å². The minimum absolute atomic E-state index is 0.591. The maximum atomic E-state index is 5.76. The highest BCUT2D eigenvalue weighted by atomic mass is 16.5. The van der Waals surface area contributed by atoms with Crippen LogP contribution in [0.3, 0.4) is 0 Å². The second kappa shape index (κ2) is 8.98. The number of nitrogens with zero attached hydrogens (tertiary/aromatic N) is 1. The summed E-state index contributed by atoms with van der Waals surface area (Å²) in [4.78, 5) is 2.47. The molecule has 0 spiro atoms. The molecule has 0 N–H and O–H groups in total. The van der Waals surface area contributed by atoms with Gasteiger partial charge in [-0.3, -0.25) is 4.90 Å². The third-order valence-electron chi connectivity index (χ3n) is 3.42. The first-order valence-electron chi connectivity index (χ1n) is 7.71. The number of ether oxygens (including phenoxy) is 1. The Morgan fingerprint density at radius 1 is 1.05 bits per heavy atom. The molecule has 0 aliphatic carbocycles. The van der Waals surface area contributed by atoms with Gasteiger partial charge >= 0.3 is 0 Å². The normalized spacial score (nSPS) is 15.2. The molecule has 0 unspecified atom stereocenters. The Morgan fingerprint density at radius 2 is 1.63 bits per heavy atom. The van der Waals surface area contributed by atoms with Gasteiger partial charge in [0.05, 0.1) is 0 Å². The lowest BCUT2D eigenvalue weighted by Crippen LogP contribution is -2.25. The first-order valence-corrected chi connectivity index (χ1v) is 7.71. The third-order valence-corrected chi connectivity index (χ3v) is 3.42. The Kier molecular flexibility index (Phi) is 7.57. The van der Waals surface area contributed by atoms with Crippen LogP contribution in [-0.2, 0) is 0 Å². The van der Waals surface area contributed by atoms with Gasteiger partial charge in [-0.15, -0.1) is 0 Å². The quantitative estimate of drug-likeness (QED) is 0.785. The van der Waals surface area contributed by atoms with Crippen molar-refractivity contribution in [2.45, 2.75) is 46.5 Å². The minimum Gasteiger partial charge on any atom is -0.492 e. The van der Waals surface area contributed by atoms with Crippen LogP contribution >= 0.6 is 0 Å². The number of rotatable bonds is 5. The molecule has 1 aliphatic heterocycles. The first kappa shape index (κ1) is 16.0. The van der Waals surface area contributed by atoms with Gasteiger partial charge in [0.15, 0.2) is 0 Å². The maximum absolute atomic E-state index is 5.76. The van der Waals surface area contributed by atoms with Crippen LogP contribution in [-0.4, -0.2) is 31.1 Å². The zero-order valence-electron chi connectivity index (χ0n) is 13.0. The average molecular weight is 263 g/mol. The lowest BCUT2D eigenvalue weighted by Gasteiger charge is -2.15. The van der Waals surface area contributed by atoms with Crippen molar-refractivity contribution in [1.82, 2.24) is 4.90 Å². The van der Waals surface area contributed by atoms with E-state index < -0.39 is 0 Å². The molecule has 0 aromatic heterocycles. The molecule has 19 heavy (non-hydrogen) atoms. The molecule has 1 heterocycles.